The van der Waals surface area contributed by atoms with Gasteiger partial charge in [-0.25, -0.2) is 8.42 Å². The van der Waals surface area contributed by atoms with E-state index in [-0.39, 0.29) is 6.04 Å². The van der Waals surface area contributed by atoms with Gasteiger partial charge >= 0.3 is 0 Å². The average Bonchev–Trinajstić information content (AvgIpc) is 2.77. The molecule has 0 spiro atoms. The maximum Gasteiger partial charge on any atom is 0.229 e. The Morgan fingerprint density at radius 1 is 1.33 bits per heavy atom. The van der Waals surface area contributed by atoms with Gasteiger partial charge in [-0.1, -0.05) is 11.6 Å². The van der Waals surface area contributed by atoms with Gasteiger partial charge in [0.2, 0.25) is 10.0 Å². The number of nitrogens with zero attached hydrogens (tertiary/aromatic N) is 2. The Balaban J connectivity index is 2.15. The van der Waals surface area contributed by atoms with Crippen molar-refractivity contribution in [2.75, 3.05) is 16.3 Å². The van der Waals surface area contributed by atoms with Crippen molar-refractivity contribution in [2.45, 2.75) is 13.0 Å². The highest BCUT2D eigenvalue weighted by molar-refractivity contribution is 7.92. The fourth-order valence-corrected chi connectivity index (χ4v) is 2.88. The molecule has 1 aromatic carbocycles. The summed E-state index contributed by atoms with van der Waals surface area (Å²) in [5.74, 6) is 0. The predicted octanol–water partition coefficient (Wildman–Crippen LogP) is 2.62. The molecule has 1 unspecified atom stereocenters. The lowest BCUT2D eigenvalue weighted by atomic mass is 10.2. The standard InChI is InChI=1S/C13H17ClN4O2S/c1-9(13-6-7-15-18(13)2)16-10-4-5-12(11(14)8-10)17-21(3,19)20/h4-9,16-17H,1-3H3. The van der Waals surface area contributed by atoms with Crippen LogP contribution in [0.25, 0.3) is 0 Å². The van der Waals surface area contributed by atoms with E-state index in [1.165, 1.54) is 0 Å². The Hall–Kier alpha value is -1.73. The third kappa shape index (κ3) is 4.12. The summed E-state index contributed by atoms with van der Waals surface area (Å²) in [5, 5.41) is 7.75. The third-order valence-electron chi connectivity index (χ3n) is 2.95. The van der Waals surface area contributed by atoms with Gasteiger partial charge in [-0.2, -0.15) is 5.10 Å². The quantitative estimate of drug-likeness (QED) is 0.884. The number of sulfonamides is 1. The van der Waals surface area contributed by atoms with Crippen LogP contribution in [0.15, 0.2) is 30.5 Å². The molecule has 0 saturated carbocycles. The first-order valence-electron chi connectivity index (χ1n) is 6.28. The fraction of sp³-hybridized carbons (Fsp3) is 0.308. The first kappa shape index (κ1) is 15.7. The molecule has 0 aliphatic rings. The highest BCUT2D eigenvalue weighted by atomic mass is 35.5. The molecular weight excluding hydrogens is 312 g/mol. The van der Waals surface area contributed by atoms with Crippen molar-refractivity contribution in [1.82, 2.24) is 9.78 Å². The fourth-order valence-electron chi connectivity index (χ4n) is 2.02. The summed E-state index contributed by atoms with van der Waals surface area (Å²) in [6.45, 7) is 2.01. The van der Waals surface area contributed by atoms with Crippen molar-refractivity contribution in [1.29, 1.82) is 0 Å². The van der Waals surface area contributed by atoms with E-state index in [1.807, 2.05) is 20.0 Å². The SMILES string of the molecule is CC(Nc1ccc(NS(C)(=O)=O)c(Cl)c1)c1ccnn1C. The Morgan fingerprint density at radius 3 is 2.57 bits per heavy atom. The van der Waals surface area contributed by atoms with Crippen molar-refractivity contribution in [3.63, 3.8) is 0 Å². The summed E-state index contributed by atoms with van der Waals surface area (Å²) < 4.78 is 26.6. The van der Waals surface area contributed by atoms with Gasteiger partial charge in [0.05, 0.1) is 28.7 Å². The minimum atomic E-state index is -3.34. The number of hydrogen-bond donors (Lipinski definition) is 2. The zero-order valence-corrected chi connectivity index (χ0v) is 13.5. The van der Waals surface area contributed by atoms with Crippen molar-refractivity contribution in [2.24, 2.45) is 7.05 Å². The summed E-state index contributed by atoms with van der Waals surface area (Å²) in [7, 11) is -1.47. The van der Waals surface area contributed by atoms with E-state index >= 15 is 0 Å². The van der Waals surface area contributed by atoms with Gasteiger partial charge in [-0.15, -0.1) is 0 Å². The van der Waals surface area contributed by atoms with Crippen LogP contribution in [0.2, 0.25) is 5.02 Å². The molecule has 114 valence electrons. The van der Waals surface area contributed by atoms with Crippen LogP contribution < -0.4 is 10.0 Å². The van der Waals surface area contributed by atoms with Gasteiger partial charge in [-0.05, 0) is 31.2 Å². The zero-order valence-electron chi connectivity index (χ0n) is 12.0. The highest BCUT2D eigenvalue weighted by Crippen LogP contribution is 2.28. The van der Waals surface area contributed by atoms with Crippen LogP contribution in [0.4, 0.5) is 11.4 Å². The van der Waals surface area contributed by atoms with Crippen LogP contribution in [0, 0.1) is 0 Å². The Bertz CT molecular complexity index is 742. The van der Waals surface area contributed by atoms with E-state index in [0.29, 0.717) is 10.7 Å². The number of aryl methyl sites for hydroxylation is 1. The summed E-state index contributed by atoms with van der Waals surface area (Å²) in [6, 6.07) is 7.05. The minimum absolute atomic E-state index is 0.0438. The van der Waals surface area contributed by atoms with Crippen molar-refractivity contribution in [3.8, 4) is 0 Å². The minimum Gasteiger partial charge on any atom is -0.377 e. The van der Waals surface area contributed by atoms with Gasteiger partial charge < -0.3 is 5.32 Å². The first-order valence-corrected chi connectivity index (χ1v) is 8.55. The Kier molecular flexibility index (Phi) is 4.43. The molecule has 0 aliphatic carbocycles. The molecule has 0 aliphatic heterocycles. The molecule has 0 radical (unpaired) electrons. The molecule has 0 fully saturated rings. The Morgan fingerprint density at radius 2 is 2.05 bits per heavy atom. The zero-order chi connectivity index (χ0) is 15.6. The molecular formula is C13H17ClN4O2S. The van der Waals surface area contributed by atoms with Crippen LogP contribution in [-0.4, -0.2) is 24.5 Å². The molecule has 2 N–H and O–H groups in total. The van der Waals surface area contributed by atoms with E-state index in [1.54, 1.807) is 29.1 Å². The normalized spacial score (nSPS) is 13.0. The second kappa shape index (κ2) is 5.95. The number of benzene rings is 1. The lowest BCUT2D eigenvalue weighted by Gasteiger charge is -2.16. The summed E-state index contributed by atoms with van der Waals surface area (Å²) in [6.07, 6.45) is 2.82. The highest BCUT2D eigenvalue weighted by Gasteiger charge is 2.11. The number of halogens is 1. The molecule has 1 atom stereocenters. The average molecular weight is 329 g/mol. The van der Waals surface area contributed by atoms with Gasteiger partial charge in [0.25, 0.3) is 0 Å². The van der Waals surface area contributed by atoms with E-state index in [2.05, 4.69) is 15.1 Å². The summed E-state index contributed by atoms with van der Waals surface area (Å²) in [5.41, 5.74) is 2.19. The van der Waals surface area contributed by atoms with E-state index in [0.717, 1.165) is 17.6 Å². The molecule has 2 rings (SSSR count). The topological polar surface area (TPSA) is 76.0 Å². The summed E-state index contributed by atoms with van der Waals surface area (Å²) in [4.78, 5) is 0. The van der Waals surface area contributed by atoms with Gasteiger partial charge in [0, 0.05) is 18.9 Å². The number of rotatable bonds is 5. The molecule has 21 heavy (non-hydrogen) atoms. The molecule has 0 saturated heterocycles. The van der Waals surface area contributed by atoms with Crippen LogP contribution in [-0.2, 0) is 17.1 Å². The number of nitrogens with one attached hydrogen (secondary N) is 2. The van der Waals surface area contributed by atoms with E-state index in [9.17, 15) is 8.42 Å². The monoisotopic (exact) mass is 328 g/mol. The lowest BCUT2D eigenvalue weighted by molar-refractivity contribution is 0.607. The molecule has 2 aromatic rings. The van der Waals surface area contributed by atoms with Crippen LogP contribution >= 0.6 is 11.6 Å². The molecule has 1 heterocycles. The lowest BCUT2D eigenvalue weighted by Crippen LogP contribution is -2.12. The first-order chi connectivity index (χ1) is 9.76. The van der Waals surface area contributed by atoms with Crippen LogP contribution in [0.3, 0.4) is 0 Å². The van der Waals surface area contributed by atoms with Gasteiger partial charge in [0.15, 0.2) is 0 Å². The van der Waals surface area contributed by atoms with Crippen LogP contribution in [0.5, 0.6) is 0 Å². The summed E-state index contributed by atoms with van der Waals surface area (Å²) >= 11 is 6.09. The van der Waals surface area contributed by atoms with E-state index < -0.39 is 10.0 Å². The van der Waals surface area contributed by atoms with Crippen molar-refractivity contribution in [3.05, 3.63) is 41.2 Å². The number of aromatic nitrogens is 2. The van der Waals surface area contributed by atoms with Crippen molar-refractivity contribution < 1.29 is 8.42 Å². The van der Waals surface area contributed by atoms with Gasteiger partial charge in [-0.3, -0.25) is 9.40 Å². The molecule has 0 amide bonds. The molecule has 0 bridgehead atoms. The molecule has 1 aromatic heterocycles. The molecule has 6 nitrogen and oxygen atoms in total. The van der Waals surface area contributed by atoms with Crippen molar-refractivity contribution >= 4 is 33.0 Å². The maximum absolute atomic E-state index is 11.2. The largest absolute Gasteiger partial charge is 0.377 e. The Labute approximate surface area is 129 Å². The van der Waals surface area contributed by atoms with Crippen LogP contribution in [0.1, 0.15) is 18.7 Å². The smallest absolute Gasteiger partial charge is 0.229 e. The maximum atomic E-state index is 11.2. The predicted molar refractivity (Wildman–Crippen MR) is 85.2 cm³/mol. The molecule has 8 heteroatoms. The van der Waals surface area contributed by atoms with E-state index in [4.69, 9.17) is 11.6 Å². The third-order valence-corrected chi connectivity index (χ3v) is 3.85. The number of anilines is 2. The second-order valence-corrected chi connectivity index (χ2v) is 6.97. The second-order valence-electron chi connectivity index (χ2n) is 4.81. The number of hydrogen-bond acceptors (Lipinski definition) is 4. The van der Waals surface area contributed by atoms with Gasteiger partial charge in [0.1, 0.15) is 0 Å².